The number of hydrogen-bond acceptors (Lipinski definition) is 0. The van der Waals surface area contributed by atoms with E-state index in [-0.39, 0.29) is 6.42 Å². The summed E-state index contributed by atoms with van der Waals surface area (Å²) < 4.78 is 32.3. The summed E-state index contributed by atoms with van der Waals surface area (Å²) in [5.74, 6) is 0. The number of halogens is 3. The summed E-state index contributed by atoms with van der Waals surface area (Å²) in [6.45, 7) is 1.88. The second kappa shape index (κ2) is 2.57. The van der Waals surface area contributed by atoms with Crippen LogP contribution in [-0.2, 0) is 0 Å². The van der Waals surface area contributed by atoms with E-state index >= 15 is 0 Å². The van der Waals surface area contributed by atoms with E-state index in [0.717, 1.165) is 6.42 Å². The molecule has 1 unspecified atom stereocenters. The van der Waals surface area contributed by atoms with Crippen molar-refractivity contribution >= 4 is 20.9 Å². The van der Waals surface area contributed by atoms with Crippen molar-refractivity contribution in [3.63, 3.8) is 0 Å². The number of hydrogen-bond donors (Lipinski definition) is 0. The van der Waals surface area contributed by atoms with E-state index in [1.54, 1.807) is 0 Å². The first-order chi connectivity index (χ1) is 4.52. The molecule has 1 fully saturated rings. The van der Waals surface area contributed by atoms with Gasteiger partial charge in [-0.1, -0.05) is 0 Å². The Hall–Kier alpha value is 0.580. The molecule has 0 saturated carbocycles. The third kappa shape index (κ3) is 1.43. The second-order valence-electron chi connectivity index (χ2n) is 2.45. The van der Waals surface area contributed by atoms with Crippen LogP contribution in [0.1, 0.15) is 26.2 Å². The van der Waals surface area contributed by atoms with Gasteiger partial charge in [-0.2, -0.15) is 0 Å². The predicted molar refractivity (Wildman–Crippen MR) is 34.1 cm³/mol. The number of rotatable bonds is 3. The molecule has 0 aromatic heterocycles. The molecule has 0 amide bonds. The molecule has 0 bridgehead atoms. The van der Waals surface area contributed by atoms with E-state index in [2.05, 4.69) is 0 Å². The van der Waals surface area contributed by atoms with E-state index in [1.807, 2.05) is 6.92 Å². The zero-order chi connectivity index (χ0) is 7.83. The molecular formula is C6H9F3Te. The summed E-state index contributed by atoms with van der Waals surface area (Å²) in [7, 11) is 0. The maximum atomic E-state index is 12.8. The van der Waals surface area contributed by atoms with E-state index in [0.29, 0.717) is 6.42 Å². The van der Waals surface area contributed by atoms with Crippen LogP contribution in [0.25, 0.3) is 0 Å². The first kappa shape index (κ1) is 8.67. The summed E-state index contributed by atoms with van der Waals surface area (Å²) in [4.78, 5) is 0. The molecule has 0 nitrogen and oxygen atoms in total. The first-order valence-electron chi connectivity index (χ1n) is 3.29. The van der Waals surface area contributed by atoms with Crippen LogP contribution in [0, 0.1) is 0 Å². The predicted octanol–water partition coefficient (Wildman–Crippen LogP) is 2.15. The molecule has 1 heterocycles. The standard InChI is InChI=1S/C6H9F3Te/c1-2-3-4-5(7)6(8,9)10-5/h2-4H2,1H3. The Kier molecular flexibility index (Phi) is 2.23. The van der Waals surface area contributed by atoms with Crippen LogP contribution in [-0.4, -0.2) is 28.6 Å². The third-order valence-electron chi connectivity index (χ3n) is 1.53. The van der Waals surface area contributed by atoms with Crippen molar-refractivity contribution in [1.29, 1.82) is 0 Å². The minimum atomic E-state index is -2.88. The Morgan fingerprint density at radius 2 is 1.80 bits per heavy atom. The normalized spacial score (nSPS) is 36.0. The van der Waals surface area contributed by atoms with Gasteiger partial charge in [0.2, 0.25) is 0 Å². The van der Waals surface area contributed by atoms with E-state index in [9.17, 15) is 13.2 Å². The fourth-order valence-electron chi connectivity index (χ4n) is 0.778. The van der Waals surface area contributed by atoms with Gasteiger partial charge >= 0.3 is 68.0 Å². The fraction of sp³-hybridized carbons (Fsp3) is 1.00. The van der Waals surface area contributed by atoms with Crippen molar-refractivity contribution in [2.75, 3.05) is 0 Å². The van der Waals surface area contributed by atoms with E-state index < -0.39 is 28.6 Å². The zero-order valence-corrected chi connectivity index (χ0v) is 7.99. The molecule has 60 valence electrons. The molecule has 4 heteroatoms. The van der Waals surface area contributed by atoms with Crippen molar-refractivity contribution in [2.24, 2.45) is 0 Å². The minimum absolute atomic E-state index is 0.0821. The van der Waals surface area contributed by atoms with Gasteiger partial charge in [-0.3, -0.25) is 0 Å². The molecule has 0 radical (unpaired) electrons. The van der Waals surface area contributed by atoms with Crippen LogP contribution < -0.4 is 0 Å². The van der Waals surface area contributed by atoms with Crippen LogP contribution >= 0.6 is 0 Å². The average Bonchev–Trinajstić information content (AvgIpc) is 2.29. The quantitative estimate of drug-likeness (QED) is 0.686. The van der Waals surface area contributed by atoms with Gasteiger partial charge in [-0.25, -0.2) is 0 Å². The van der Waals surface area contributed by atoms with Crippen LogP contribution in [0.5, 0.6) is 0 Å². The molecule has 1 rings (SSSR count). The zero-order valence-electron chi connectivity index (χ0n) is 5.66. The SMILES string of the molecule is CCCCC1(F)[Te]C1(F)F. The summed E-state index contributed by atoms with van der Waals surface area (Å²) in [5.41, 5.74) is 0. The molecule has 1 atom stereocenters. The molecule has 1 saturated heterocycles. The van der Waals surface area contributed by atoms with E-state index in [1.165, 1.54) is 0 Å². The van der Waals surface area contributed by atoms with Gasteiger partial charge in [0, 0.05) is 0 Å². The second-order valence-corrected chi connectivity index (χ2v) is 6.34. The van der Waals surface area contributed by atoms with Crippen molar-refractivity contribution < 1.29 is 13.2 Å². The molecular weight excluding hydrogens is 257 g/mol. The van der Waals surface area contributed by atoms with Gasteiger partial charge in [-0.15, -0.1) is 0 Å². The summed E-state index contributed by atoms with van der Waals surface area (Å²) in [5, 5.41) is 0. The fourth-order valence-corrected chi connectivity index (χ4v) is 2.79. The maximum absolute atomic E-state index is 12.8. The van der Waals surface area contributed by atoms with Crippen molar-refractivity contribution in [2.45, 2.75) is 33.9 Å². The summed E-state index contributed by atoms with van der Waals surface area (Å²) in [6, 6.07) is 0. The van der Waals surface area contributed by atoms with Gasteiger partial charge in [0.25, 0.3) is 0 Å². The monoisotopic (exact) mass is 268 g/mol. The molecule has 0 N–H and O–H groups in total. The Bertz CT molecular complexity index is 137. The average molecular weight is 266 g/mol. The Morgan fingerprint density at radius 1 is 1.30 bits per heavy atom. The van der Waals surface area contributed by atoms with Crippen LogP contribution in [0.3, 0.4) is 0 Å². The Morgan fingerprint density at radius 3 is 2.10 bits per heavy atom. The Labute approximate surface area is 68.3 Å². The Balaban J connectivity index is 2.30. The van der Waals surface area contributed by atoms with Crippen LogP contribution in [0.4, 0.5) is 13.2 Å². The van der Waals surface area contributed by atoms with Gasteiger partial charge in [-0.05, 0) is 0 Å². The van der Waals surface area contributed by atoms with Crippen LogP contribution in [0.2, 0.25) is 0 Å². The third-order valence-corrected chi connectivity index (χ3v) is 4.85. The molecule has 10 heavy (non-hydrogen) atoms. The molecule has 0 aliphatic carbocycles. The van der Waals surface area contributed by atoms with Gasteiger partial charge in [0.1, 0.15) is 0 Å². The van der Waals surface area contributed by atoms with E-state index in [4.69, 9.17) is 0 Å². The molecule has 0 aromatic carbocycles. The van der Waals surface area contributed by atoms with Crippen molar-refractivity contribution in [1.82, 2.24) is 0 Å². The van der Waals surface area contributed by atoms with Gasteiger partial charge in [0.15, 0.2) is 0 Å². The first-order valence-corrected chi connectivity index (χ1v) is 5.62. The molecule has 1 aliphatic rings. The summed E-state index contributed by atoms with van der Waals surface area (Å²) >= 11 is -1.63. The number of unbranched alkanes of at least 4 members (excludes halogenated alkanes) is 1. The molecule has 0 aromatic rings. The van der Waals surface area contributed by atoms with Crippen LogP contribution in [0.15, 0.2) is 0 Å². The van der Waals surface area contributed by atoms with Crippen molar-refractivity contribution in [3.8, 4) is 0 Å². The van der Waals surface area contributed by atoms with Gasteiger partial charge in [0.05, 0.1) is 0 Å². The van der Waals surface area contributed by atoms with Crippen molar-refractivity contribution in [3.05, 3.63) is 0 Å². The van der Waals surface area contributed by atoms with Gasteiger partial charge < -0.3 is 0 Å². The topological polar surface area (TPSA) is 0 Å². The summed E-state index contributed by atoms with van der Waals surface area (Å²) in [6.07, 6.45) is 1.48. The number of alkyl halides is 3. The molecule has 0 spiro atoms. The molecule has 1 aliphatic heterocycles.